The molecule has 4 nitrogen and oxygen atoms in total. The van der Waals surface area contributed by atoms with Crippen LogP contribution in [0.25, 0.3) is 11.0 Å². The summed E-state index contributed by atoms with van der Waals surface area (Å²) in [5, 5.41) is 0.928. The van der Waals surface area contributed by atoms with Crippen LogP contribution in [0.4, 0.5) is 0 Å². The van der Waals surface area contributed by atoms with Crippen LogP contribution in [0.1, 0.15) is 31.7 Å². The summed E-state index contributed by atoms with van der Waals surface area (Å²) in [5.41, 5.74) is 1.13. The van der Waals surface area contributed by atoms with Crippen LogP contribution in [0.2, 0.25) is 0 Å². The first-order valence-electron chi connectivity index (χ1n) is 7.68. The zero-order valence-electron chi connectivity index (χ0n) is 12.4. The minimum absolute atomic E-state index is 0.225. The summed E-state index contributed by atoms with van der Waals surface area (Å²) in [4.78, 5) is 14.4. The van der Waals surface area contributed by atoms with Crippen LogP contribution in [0.15, 0.2) is 33.5 Å². The van der Waals surface area contributed by atoms with Crippen LogP contribution >= 0.6 is 0 Å². The fraction of sp³-hybridized carbons (Fsp3) is 0.471. The van der Waals surface area contributed by atoms with Gasteiger partial charge >= 0.3 is 5.63 Å². The van der Waals surface area contributed by atoms with Crippen LogP contribution < -0.4 is 10.4 Å². The minimum Gasteiger partial charge on any atom is -0.494 e. The quantitative estimate of drug-likeness (QED) is 0.792. The lowest BCUT2D eigenvalue weighted by atomic mass is 10.1. The Hall–Kier alpha value is -1.81. The maximum atomic E-state index is 12.1. The second-order valence-electron chi connectivity index (χ2n) is 5.59. The molecule has 0 amide bonds. The Kier molecular flexibility index (Phi) is 4.25. The Bertz CT molecular complexity index is 671. The molecule has 1 aromatic heterocycles. The van der Waals surface area contributed by atoms with Gasteiger partial charge in [-0.1, -0.05) is 6.92 Å². The molecular formula is C17H21NO3. The van der Waals surface area contributed by atoms with Crippen molar-refractivity contribution >= 4 is 11.0 Å². The molecule has 4 heteroatoms. The summed E-state index contributed by atoms with van der Waals surface area (Å²) in [5.74, 6) is 0.824. The number of hydrogen-bond acceptors (Lipinski definition) is 4. The van der Waals surface area contributed by atoms with Crippen LogP contribution in [-0.4, -0.2) is 24.6 Å². The smallest absolute Gasteiger partial charge is 0.340 e. The van der Waals surface area contributed by atoms with Gasteiger partial charge < -0.3 is 9.15 Å². The largest absolute Gasteiger partial charge is 0.494 e. The highest BCUT2D eigenvalue weighted by Crippen LogP contribution is 2.21. The number of rotatable bonds is 5. The Balaban J connectivity index is 1.89. The van der Waals surface area contributed by atoms with Gasteiger partial charge in [-0.15, -0.1) is 0 Å². The molecule has 1 aromatic carbocycles. The van der Waals surface area contributed by atoms with Gasteiger partial charge in [0, 0.05) is 11.9 Å². The van der Waals surface area contributed by atoms with Crippen molar-refractivity contribution in [3.63, 3.8) is 0 Å². The van der Waals surface area contributed by atoms with Crippen molar-refractivity contribution in [2.24, 2.45) is 0 Å². The maximum absolute atomic E-state index is 12.1. The van der Waals surface area contributed by atoms with E-state index < -0.39 is 0 Å². The predicted octanol–water partition coefficient (Wildman–Crippen LogP) is 3.18. The van der Waals surface area contributed by atoms with Crippen molar-refractivity contribution in [1.29, 1.82) is 0 Å². The van der Waals surface area contributed by atoms with E-state index in [1.165, 1.54) is 12.8 Å². The lowest BCUT2D eigenvalue weighted by molar-refractivity contribution is 0.317. The summed E-state index contributed by atoms with van der Waals surface area (Å²) in [6.45, 7) is 5.59. The average molecular weight is 287 g/mol. The number of hydrogen-bond donors (Lipinski definition) is 0. The fourth-order valence-electron chi connectivity index (χ4n) is 2.75. The molecule has 1 aliphatic heterocycles. The number of ether oxygens (including phenoxy) is 1. The van der Waals surface area contributed by atoms with Crippen LogP contribution in [0, 0.1) is 0 Å². The zero-order chi connectivity index (χ0) is 14.7. The highest BCUT2D eigenvalue weighted by Gasteiger charge is 2.15. The van der Waals surface area contributed by atoms with Crippen LogP contribution in [0.5, 0.6) is 5.75 Å². The molecule has 1 fully saturated rings. The van der Waals surface area contributed by atoms with Gasteiger partial charge in [-0.25, -0.2) is 4.79 Å². The van der Waals surface area contributed by atoms with E-state index in [0.29, 0.717) is 18.7 Å². The van der Waals surface area contributed by atoms with Crippen molar-refractivity contribution in [1.82, 2.24) is 4.90 Å². The summed E-state index contributed by atoms with van der Waals surface area (Å²) < 4.78 is 11.1. The zero-order valence-corrected chi connectivity index (χ0v) is 12.4. The SMILES string of the molecule is CCCOc1ccc2oc(=O)c(CN3CCCC3)cc2c1. The van der Waals surface area contributed by atoms with Gasteiger partial charge in [-0.05, 0) is 56.6 Å². The molecule has 3 rings (SSSR count). The maximum Gasteiger partial charge on any atom is 0.340 e. The van der Waals surface area contributed by atoms with E-state index in [9.17, 15) is 4.79 Å². The highest BCUT2D eigenvalue weighted by atomic mass is 16.5. The molecule has 2 heterocycles. The molecular weight excluding hydrogens is 266 g/mol. The molecule has 1 saturated heterocycles. The van der Waals surface area contributed by atoms with E-state index >= 15 is 0 Å². The van der Waals surface area contributed by atoms with Gasteiger partial charge in [0.05, 0.1) is 12.2 Å². The first-order chi connectivity index (χ1) is 10.3. The van der Waals surface area contributed by atoms with Gasteiger partial charge in [0.1, 0.15) is 11.3 Å². The van der Waals surface area contributed by atoms with Crippen molar-refractivity contribution in [3.05, 3.63) is 40.2 Å². The van der Waals surface area contributed by atoms with E-state index in [2.05, 4.69) is 11.8 Å². The molecule has 0 saturated carbocycles. The summed E-state index contributed by atoms with van der Waals surface area (Å²) in [6.07, 6.45) is 3.41. The third kappa shape index (κ3) is 3.27. The number of nitrogens with zero attached hydrogens (tertiary/aromatic N) is 1. The standard InChI is InChI=1S/C17H21NO3/c1-2-9-20-15-5-6-16-13(11-15)10-14(17(19)21-16)12-18-7-3-4-8-18/h5-6,10-11H,2-4,7-9,12H2,1H3. The minimum atomic E-state index is -0.225. The number of likely N-dealkylation sites (tertiary alicyclic amines) is 1. The van der Waals surface area contributed by atoms with E-state index in [1.807, 2.05) is 18.2 Å². The normalized spacial score (nSPS) is 15.7. The highest BCUT2D eigenvalue weighted by molar-refractivity contribution is 5.78. The van der Waals surface area contributed by atoms with Crippen LogP contribution in [0.3, 0.4) is 0 Å². The van der Waals surface area contributed by atoms with Crippen molar-refractivity contribution in [2.45, 2.75) is 32.7 Å². The van der Waals surface area contributed by atoms with Gasteiger partial charge in [-0.2, -0.15) is 0 Å². The van der Waals surface area contributed by atoms with E-state index in [0.717, 1.165) is 36.2 Å². The summed E-state index contributed by atoms with van der Waals surface area (Å²) >= 11 is 0. The Labute approximate surface area is 124 Å². The molecule has 1 aliphatic rings. The third-order valence-corrected chi connectivity index (χ3v) is 3.84. The molecule has 0 aliphatic carbocycles. The van der Waals surface area contributed by atoms with Gasteiger partial charge in [0.15, 0.2) is 0 Å². The second-order valence-corrected chi connectivity index (χ2v) is 5.59. The number of fused-ring (bicyclic) bond motifs is 1. The third-order valence-electron chi connectivity index (χ3n) is 3.84. The molecule has 0 atom stereocenters. The van der Waals surface area contributed by atoms with E-state index in [-0.39, 0.29) is 5.63 Å². The fourth-order valence-corrected chi connectivity index (χ4v) is 2.75. The predicted molar refractivity (Wildman–Crippen MR) is 82.8 cm³/mol. The lowest BCUT2D eigenvalue weighted by Crippen LogP contribution is -2.22. The number of benzene rings is 1. The lowest BCUT2D eigenvalue weighted by Gasteiger charge is -2.13. The molecule has 21 heavy (non-hydrogen) atoms. The van der Waals surface area contributed by atoms with Gasteiger partial charge in [0.2, 0.25) is 0 Å². The van der Waals surface area contributed by atoms with Crippen molar-refractivity contribution in [3.8, 4) is 5.75 Å². The van der Waals surface area contributed by atoms with E-state index in [1.54, 1.807) is 6.07 Å². The molecule has 0 N–H and O–H groups in total. The van der Waals surface area contributed by atoms with Crippen molar-refractivity contribution in [2.75, 3.05) is 19.7 Å². The Morgan fingerprint density at radius 3 is 2.81 bits per heavy atom. The Morgan fingerprint density at radius 1 is 1.24 bits per heavy atom. The second kappa shape index (κ2) is 6.31. The van der Waals surface area contributed by atoms with Crippen LogP contribution in [-0.2, 0) is 6.54 Å². The summed E-state index contributed by atoms with van der Waals surface area (Å²) in [6, 6.07) is 7.54. The van der Waals surface area contributed by atoms with Gasteiger partial charge in [-0.3, -0.25) is 4.90 Å². The molecule has 0 unspecified atom stereocenters. The monoisotopic (exact) mass is 287 g/mol. The first-order valence-corrected chi connectivity index (χ1v) is 7.68. The molecule has 0 spiro atoms. The topological polar surface area (TPSA) is 42.7 Å². The van der Waals surface area contributed by atoms with Crippen molar-refractivity contribution < 1.29 is 9.15 Å². The Morgan fingerprint density at radius 2 is 2.05 bits per heavy atom. The molecule has 2 aromatic rings. The average Bonchev–Trinajstić information content (AvgIpc) is 2.99. The van der Waals surface area contributed by atoms with Gasteiger partial charge in [0.25, 0.3) is 0 Å². The molecule has 0 radical (unpaired) electrons. The molecule has 0 bridgehead atoms. The summed E-state index contributed by atoms with van der Waals surface area (Å²) in [7, 11) is 0. The molecule has 112 valence electrons. The first kappa shape index (κ1) is 14.1. The van der Waals surface area contributed by atoms with E-state index in [4.69, 9.17) is 9.15 Å².